The van der Waals surface area contributed by atoms with E-state index in [1.807, 2.05) is 6.08 Å². The van der Waals surface area contributed by atoms with E-state index in [4.69, 9.17) is 28.9 Å². The quantitative estimate of drug-likeness (QED) is 0.781. The normalized spacial score (nSPS) is 24.4. The summed E-state index contributed by atoms with van der Waals surface area (Å²) >= 11 is 14.3. The largest absolute Gasteiger partial charge is 0.399 e. The molecule has 0 amide bonds. The summed E-state index contributed by atoms with van der Waals surface area (Å²) in [6, 6.07) is 11.4. The number of fused-ring (bicyclic) bond motifs is 1. The molecule has 7 heteroatoms. The molecule has 0 aromatic heterocycles. The van der Waals surface area contributed by atoms with Crippen LogP contribution in [0, 0.1) is 45.3 Å². The number of allylic oxidation sites excluding steroid dienone is 3. The summed E-state index contributed by atoms with van der Waals surface area (Å²) in [4.78, 5) is 0. The van der Waals surface area contributed by atoms with Crippen LogP contribution in [0.5, 0.6) is 0 Å². The maximum absolute atomic E-state index is 9.91. The van der Waals surface area contributed by atoms with Crippen molar-refractivity contribution in [3.63, 3.8) is 0 Å². The minimum atomic E-state index is -1.67. The van der Waals surface area contributed by atoms with Crippen molar-refractivity contribution in [2.45, 2.75) is 5.92 Å². The van der Waals surface area contributed by atoms with Crippen LogP contribution in [-0.2, 0) is 0 Å². The molecule has 4 nitrogen and oxygen atoms in total. The molecular weight excluding hydrogens is 375 g/mol. The molecule has 1 aromatic carbocycles. The number of nitrogens with two attached hydrogens (primary N) is 1. The number of thioether (sulfide) groups is 1. The molecule has 1 aromatic rings. The van der Waals surface area contributed by atoms with Crippen molar-refractivity contribution in [2.75, 3.05) is 11.5 Å². The van der Waals surface area contributed by atoms with Gasteiger partial charge in [0.1, 0.15) is 6.07 Å². The fourth-order valence-electron chi connectivity index (χ4n) is 3.59. The molecule has 0 bridgehead atoms. The second kappa shape index (κ2) is 6.66. The molecule has 2 aliphatic rings. The van der Waals surface area contributed by atoms with Gasteiger partial charge in [0.05, 0.1) is 33.5 Å². The zero-order valence-electron chi connectivity index (χ0n) is 13.0. The van der Waals surface area contributed by atoms with E-state index in [0.29, 0.717) is 21.4 Å². The van der Waals surface area contributed by atoms with E-state index >= 15 is 0 Å². The van der Waals surface area contributed by atoms with Gasteiger partial charge in [-0.3, -0.25) is 0 Å². The van der Waals surface area contributed by atoms with Crippen molar-refractivity contribution in [1.82, 2.24) is 0 Å². The van der Waals surface area contributed by atoms with E-state index in [1.165, 1.54) is 0 Å². The molecule has 0 spiro atoms. The predicted octanol–water partition coefficient (Wildman–Crippen LogP) is 4.15. The molecule has 1 heterocycles. The Kier molecular flexibility index (Phi) is 4.72. The van der Waals surface area contributed by atoms with Crippen molar-refractivity contribution in [3.05, 3.63) is 56.7 Å². The first kappa shape index (κ1) is 17.7. The molecule has 0 saturated carbocycles. The van der Waals surface area contributed by atoms with Gasteiger partial charge in [-0.25, -0.2) is 0 Å². The van der Waals surface area contributed by atoms with E-state index < -0.39 is 11.3 Å². The molecule has 2 atom stereocenters. The number of nitriles is 3. The van der Waals surface area contributed by atoms with Crippen molar-refractivity contribution in [1.29, 1.82) is 15.8 Å². The molecule has 2 unspecified atom stereocenters. The zero-order valence-corrected chi connectivity index (χ0v) is 15.3. The second-order valence-corrected chi connectivity index (χ2v) is 7.72. The first-order valence-corrected chi connectivity index (χ1v) is 9.37. The van der Waals surface area contributed by atoms with Gasteiger partial charge in [-0.15, -0.1) is 0 Å². The Hall–Kier alpha value is -2.10. The summed E-state index contributed by atoms with van der Waals surface area (Å²) < 4.78 is 0. The molecule has 25 heavy (non-hydrogen) atoms. The van der Waals surface area contributed by atoms with Crippen molar-refractivity contribution in [3.8, 4) is 18.2 Å². The monoisotopic (exact) mass is 386 g/mol. The Morgan fingerprint density at radius 3 is 2.56 bits per heavy atom. The summed E-state index contributed by atoms with van der Waals surface area (Å²) in [7, 11) is 0. The summed E-state index contributed by atoms with van der Waals surface area (Å²) in [6.07, 6.45) is 1.95. The summed E-state index contributed by atoms with van der Waals surface area (Å²) in [5, 5.41) is 30.1. The average Bonchev–Trinajstić information content (AvgIpc) is 2.64. The Bertz CT molecular complexity index is 916. The topological polar surface area (TPSA) is 97.4 Å². The SMILES string of the molecule is N#CC1=C(N)C(C#N)(C#N)C(c2cccc(Cl)c2Cl)C2CSCC=C12. The summed E-state index contributed by atoms with van der Waals surface area (Å²) in [6.45, 7) is 0. The van der Waals surface area contributed by atoms with E-state index in [1.54, 1.807) is 30.0 Å². The van der Waals surface area contributed by atoms with Crippen LogP contribution < -0.4 is 5.73 Å². The molecule has 124 valence electrons. The van der Waals surface area contributed by atoms with Crippen LogP contribution in [0.1, 0.15) is 11.5 Å². The van der Waals surface area contributed by atoms with Crippen LogP contribution in [-0.4, -0.2) is 11.5 Å². The second-order valence-electron chi connectivity index (χ2n) is 5.86. The summed E-state index contributed by atoms with van der Waals surface area (Å²) in [5.41, 5.74) is 6.17. The number of rotatable bonds is 1. The van der Waals surface area contributed by atoms with Gasteiger partial charge in [0.25, 0.3) is 0 Å². The molecular formula is C18H12Cl2N4S. The summed E-state index contributed by atoms with van der Waals surface area (Å²) in [5.74, 6) is 0.621. The van der Waals surface area contributed by atoms with Gasteiger partial charge in [-0.1, -0.05) is 41.4 Å². The first-order chi connectivity index (χ1) is 12.0. The van der Waals surface area contributed by atoms with Crippen LogP contribution >= 0.6 is 35.0 Å². The smallest absolute Gasteiger partial charge is 0.191 e. The predicted molar refractivity (Wildman–Crippen MR) is 98.6 cm³/mol. The third-order valence-electron chi connectivity index (χ3n) is 4.75. The van der Waals surface area contributed by atoms with Crippen LogP contribution in [0.2, 0.25) is 10.0 Å². The van der Waals surface area contributed by atoms with Gasteiger partial charge in [0, 0.05) is 23.3 Å². The van der Waals surface area contributed by atoms with Gasteiger partial charge in [0.2, 0.25) is 0 Å². The lowest BCUT2D eigenvalue weighted by atomic mass is 9.59. The first-order valence-electron chi connectivity index (χ1n) is 7.46. The van der Waals surface area contributed by atoms with Crippen LogP contribution in [0.15, 0.2) is 41.1 Å². The molecule has 1 aliphatic carbocycles. The maximum Gasteiger partial charge on any atom is 0.191 e. The Morgan fingerprint density at radius 1 is 1.20 bits per heavy atom. The van der Waals surface area contributed by atoms with Crippen molar-refractivity contribution >= 4 is 35.0 Å². The van der Waals surface area contributed by atoms with Gasteiger partial charge in [0.15, 0.2) is 5.41 Å². The highest BCUT2D eigenvalue weighted by atomic mass is 35.5. The minimum Gasteiger partial charge on any atom is -0.399 e. The lowest BCUT2D eigenvalue weighted by Crippen LogP contribution is -2.43. The molecule has 0 saturated heterocycles. The Balaban J connectivity index is 2.38. The number of hydrogen-bond acceptors (Lipinski definition) is 5. The average molecular weight is 387 g/mol. The highest BCUT2D eigenvalue weighted by Crippen LogP contribution is 2.56. The molecule has 2 N–H and O–H groups in total. The third kappa shape index (κ3) is 2.50. The lowest BCUT2D eigenvalue weighted by Gasteiger charge is -2.43. The fourth-order valence-corrected chi connectivity index (χ4v) is 5.07. The van der Waals surface area contributed by atoms with Gasteiger partial charge in [-0.2, -0.15) is 27.5 Å². The number of halogens is 2. The molecule has 0 fully saturated rings. The Labute approximate surface area is 160 Å². The molecule has 1 aliphatic heterocycles. The van der Waals surface area contributed by atoms with Gasteiger partial charge < -0.3 is 5.73 Å². The van der Waals surface area contributed by atoms with Crippen LogP contribution in [0.25, 0.3) is 0 Å². The number of benzene rings is 1. The van der Waals surface area contributed by atoms with Crippen LogP contribution in [0.4, 0.5) is 0 Å². The zero-order chi connectivity index (χ0) is 18.2. The van der Waals surface area contributed by atoms with Crippen molar-refractivity contribution in [2.24, 2.45) is 17.1 Å². The van der Waals surface area contributed by atoms with Gasteiger partial charge >= 0.3 is 0 Å². The van der Waals surface area contributed by atoms with E-state index in [9.17, 15) is 15.8 Å². The highest BCUT2D eigenvalue weighted by Gasteiger charge is 2.54. The fraction of sp³-hybridized carbons (Fsp3) is 0.278. The third-order valence-corrected chi connectivity index (χ3v) is 6.58. The van der Waals surface area contributed by atoms with Gasteiger partial charge in [-0.05, 0) is 17.2 Å². The van der Waals surface area contributed by atoms with E-state index in [0.717, 1.165) is 11.3 Å². The standard InChI is InChI=1S/C18H12Cl2N4S/c19-14-3-1-2-11(16(14)20)15-13-7-25-5-4-10(13)12(6-21)17(24)18(15,8-22)9-23/h1-4,13,15H,5,7,24H2. The van der Waals surface area contributed by atoms with Crippen molar-refractivity contribution < 1.29 is 0 Å². The van der Waals surface area contributed by atoms with E-state index in [2.05, 4.69) is 18.2 Å². The lowest BCUT2D eigenvalue weighted by molar-refractivity contribution is 0.368. The highest BCUT2D eigenvalue weighted by molar-refractivity contribution is 7.99. The maximum atomic E-state index is 9.91. The van der Waals surface area contributed by atoms with Crippen LogP contribution in [0.3, 0.4) is 0 Å². The van der Waals surface area contributed by atoms with E-state index in [-0.39, 0.29) is 17.2 Å². The molecule has 0 radical (unpaired) electrons. The molecule has 3 rings (SSSR count). The Morgan fingerprint density at radius 2 is 1.92 bits per heavy atom. The number of hydrogen-bond donors (Lipinski definition) is 1. The number of nitrogens with zero attached hydrogens (tertiary/aromatic N) is 3. The minimum absolute atomic E-state index is 0.00422.